The molecule has 2 amide bonds. The standard InChI is InChI=1S/C14H17ClN2O4/c1-21-8-7-17(9-5-6-9)14(20)16-11-4-2-3-10(15)12(11)13(18)19/h2-4,9H,5-8H2,1H3,(H,16,20)(H,18,19). The van der Waals surface area contributed by atoms with Crippen molar-refractivity contribution in [3.8, 4) is 0 Å². The quantitative estimate of drug-likeness (QED) is 0.846. The monoisotopic (exact) mass is 312 g/mol. The van der Waals surface area contributed by atoms with E-state index in [0.717, 1.165) is 12.8 Å². The molecule has 1 aromatic carbocycles. The molecule has 0 spiro atoms. The second kappa shape index (κ2) is 6.78. The van der Waals surface area contributed by atoms with Crippen LogP contribution in [-0.2, 0) is 4.74 Å². The van der Waals surface area contributed by atoms with E-state index < -0.39 is 5.97 Å². The van der Waals surface area contributed by atoms with Gasteiger partial charge in [-0.1, -0.05) is 17.7 Å². The topological polar surface area (TPSA) is 78.9 Å². The average Bonchev–Trinajstić information content (AvgIpc) is 3.23. The summed E-state index contributed by atoms with van der Waals surface area (Å²) in [5.41, 5.74) is 0.0954. The molecular formula is C14H17ClN2O4. The molecule has 0 heterocycles. The van der Waals surface area contributed by atoms with Crippen LogP contribution in [-0.4, -0.2) is 48.3 Å². The zero-order valence-electron chi connectivity index (χ0n) is 11.6. The minimum atomic E-state index is -1.18. The summed E-state index contributed by atoms with van der Waals surface area (Å²) < 4.78 is 4.99. The number of nitrogens with one attached hydrogen (secondary N) is 1. The Balaban J connectivity index is 2.14. The van der Waals surface area contributed by atoms with Crippen molar-refractivity contribution in [1.29, 1.82) is 0 Å². The number of amides is 2. The van der Waals surface area contributed by atoms with E-state index in [0.29, 0.717) is 13.2 Å². The molecule has 0 bridgehead atoms. The van der Waals surface area contributed by atoms with Gasteiger partial charge in [0.05, 0.1) is 17.3 Å². The minimum absolute atomic E-state index is 0.0927. The van der Waals surface area contributed by atoms with Crippen LogP contribution in [0, 0.1) is 0 Å². The number of carboxylic acids is 1. The summed E-state index contributed by atoms with van der Waals surface area (Å²) in [6, 6.07) is 4.46. The minimum Gasteiger partial charge on any atom is -0.478 e. The van der Waals surface area contributed by atoms with Gasteiger partial charge in [-0.2, -0.15) is 0 Å². The first-order chi connectivity index (χ1) is 10.0. The second-order valence-electron chi connectivity index (χ2n) is 4.82. The number of methoxy groups -OCH3 is 1. The van der Waals surface area contributed by atoms with Crippen molar-refractivity contribution >= 4 is 29.3 Å². The predicted octanol–water partition coefficient (Wildman–Crippen LogP) is 2.68. The van der Waals surface area contributed by atoms with E-state index in [1.54, 1.807) is 18.1 Å². The lowest BCUT2D eigenvalue weighted by molar-refractivity contribution is 0.0698. The highest BCUT2D eigenvalue weighted by Crippen LogP contribution is 2.29. The Labute approximate surface area is 127 Å². The average molecular weight is 313 g/mol. The third-order valence-electron chi connectivity index (χ3n) is 3.25. The Bertz CT molecular complexity index is 546. The molecule has 1 saturated carbocycles. The van der Waals surface area contributed by atoms with E-state index >= 15 is 0 Å². The predicted molar refractivity (Wildman–Crippen MR) is 79.0 cm³/mol. The summed E-state index contributed by atoms with van der Waals surface area (Å²) in [6.45, 7) is 0.904. The molecule has 1 aromatic rings. The van der Waals surface area contributed by atoms with Crippen LogP contribution in [0.3, 0.4) is 0 Å². The summed E-state index contributed by atoms with van der Waals surface area (Å²) in [4.78, 5) is 25.2. The molecule has 2 N–H and O–H groups in total. The molecule has 114 valence electrons. The molecule has 1 aliphatic rings. The Morgan fingerprint density at radius 3 is 2.76 bits per heavy atom. The first-order valence-corrected chi connectivity index (χ1v) is 7.00. The number of benzene rings is 1. The van der Waals surface area contributed by atoms with Crippen LogP contribution in [0.5, 0.6) is 0 Å². The molecule has 0 aliphatic heterocycles. The molecular weight excluding hydrogens is 296 g/mol. The summed E-state index contributed by atoms with van der Waals surface area (Å²) in [7, 11) is 1.57. The fourth-order valence-corrected chi connectivity index (χ4v) is 2.31. The number of ether oxygens (including phenoxy) is 1. The second-order valence-corrected chi connectivity index (χ2v) is 5.22. The highest BCUT2D eigenvalue weighted by molar-refractivity contribution is 6.34. The summed E-state index contributed by atoms with van der Waals surface area (Å²) in [5.74, 6) is -1.18. The molecule has 2 rings (SSSR count). The number of anilines is 1. The first kappa shape index (κ1) is 15.6. The van der Waals surface area contributed by atoms with Gasteiger partial charge in [-0.15, -0.1) is 0 Å². The third-order valence-corrected chi connectivity index (χ3v) is 3.57. The van der Waals surface area contributed by atoms with Crippen LogP contribution >= 0.6 is 11.6 Å². The van der Waals surface area contributed by atoms with E-state index in [1.165, 1.54) is 12.1 Å². The van der Waals surface area contributed by atoms with Gasteiger partial charge in [0.25, 0.3) is 0 Å². The summed E-state index contributed by atoms with van der Waals surface area (Å²) in [6.07, 6.45) is 1.91. The maximum Gasteiger partial charge on any atom is 0.339 e. The van der Waals surface area contributed by atoms with E-state index in [1.807, 2.05) is 0 Å². The molecule has 1 aliphatic carbocycles. The van der Waals surface area contributed by atoms with Crippen molar-refractivity contribution < 1.29 is 19.4 Å². The van der Waals surface area contributed by atoms with Crippen molar-refractivity contribution in [2.45, 2.75) is 18.9 Å². The summed E-state index contributed by atoms with van der Waals surface area (Å²) in [5, 5.41) is 11.9. The van der Waals surface area contributed by atoms with Gasteiger partial charge in [-0.3, -0.25) is 0 Å². The Morgan fingerprint density at radius 2 is 2.19 bits per heavy atom. The Morgan fingerprint density at radius 1 is 1.48 bits per heavy atom. The molecule has 0 atom stereocenters. The van der Waals surface area contributed by atoms with Gasteiger partial charge in [-0.25, -0.2) is 9.59 Å². The molecule has 0 unspecified atom stereocenters. The van der Waals surface area contributed by atoms with Crippen molar-refractivity contribution in [3.63, 3.8) is 0 Å². The van der Waals surface area contributed by atoms with E-state index in [-0.39, 0.29) is 28.3 Å². The third kappa shape index (κ3) is 3.86. The fraction of sp³-hybridized carbons (Fsp3) is 0.429. The zero-order valence-corrected chi connectivity index (χ0v) is 12.4. The largest absolute Gasteiger partial charge is 0.478 e. The van der Waals surface area contributed by atoms with Crippen LogP contribution in [0.1, 0.15) is 23.2 Å². The smallest absolute Gasteiger partial charge is 0.339 e. The lowest BCUT2D eigenvalue weighted by Crippen LogP contribution is -2.39. The number of carbonyl (C=O) groups excluding carboxylic acids is 1. The van der Waals surface area contributed by atoms with Gasteiger partial charge in [0.1, 0.15) is 5.56 Å². The van der Waals surface area contributed by atoms with E-state index in [4.69, 9.17) is 16.3 Å². The molecule has 1 fully saturated rings. The van der Waals surface area contributed by atoms with E-state index in [9.17, 15) is 14.7 Å². The van der Waals surface area contributed by atoms with Crippen molar-refractivity contribution in [1.82, 2.24) is 4.90 Å². The van der Waals surface area contributed by atoms with Crippen LogP contribution in [0.2, 0.25) is 5.02 Å². The molecule has 0 radical (unpaired) electrons. The van der Waals surface area contributed by atoms with Crippen LogP contribution in [0.25, 0.3) is 0 Å². The van der Waals surface area contributed by atoms with Gasteiger partial charge in [0.15, 0.2) is 0 Å². The maximum absolute atomic E-state index is 12.3. The van der Waals surface area contributed by atoms with E-state index in [2.05, 4.69) is 5.32 Å². The number of rotatable bonds is 6. The highest BCUT2D eigenvalue weighted by atomic mass is 35.5. The Kier molecular flexibility index (Phi) is 5.03. The van der Waals surface area contributed by atoms with Gasteiger partial charge in [-0.05, 0) is 25.0 Å². The first-order valence-electron chi connectivity index (χ1n) is 6.63. The number of carbonyl (C=O) groups is 2. The molecule has 6 nitrogen and oxygen atoms in total. The molecule has 7 heteroatoms. The molecule has 21 heavy (non-hydrogen) atoms. The lowest BCUT2D eigenvalue weighted by Gasteiger charge is -2.23. The fourth-order valence-electron chi connectivity index (χ4n) is 2.06. The number of hydrogen-bond acceptors (Lipinski definition) is 3. The number of aromatic carboxylic acids is 1. The van der Waals surface area contributed by atoms with Gasteiger partial charge >= 0.3 is 12.0 Å². The van der Waals surface area contributed by atoms with Crippen molar-refractivity contribution in [2.75, 3.05) is 25.6 Å². The highest BCUT2D eigenvalue weighted by Gasteiger charge is 2.32. The SMILES string of the molecule is COCCN(C(=O)Nc1cccc(Cl)c1C(=O)O)C1CC1. The van der Waals surface area contributed by atoms with Crippen LogP contribution < -0.4 is 5.32 Å². The van der Waals surface area contributed by atoms with Crippen molar-refractivity contribution in [2.24, 2.45) is 0 Å². The normalized spacial score (nSPS) is 13.8. The van der Waals surface area contributed by atoms with Crippen LogP contribution in [0.4, 0.5) is 10.5 Å². The maximum atomic E-state index is 12.3. The van der Waals surface area contributed by atoms with Crippen molar-refractivity contribution in [3.05, 3.63) is 28.8 Å². The number of hydrogen-bond donors (Lipinski definition) is 2. The van der Waals surface area contributed by atoms with Gasteiger partial charge < -0.3 is 20.1 Å². The van der Waals surface area contributed by atoms with Crippen LogP contribution in [0.15, 0.2) is 18.2 Å². The number of carboxylic acid groups (broad SMARTS) is 1. The number of urea groups is 1. The Hall–Kier alpha value is -1.79. The lowest BCUT2D eigenvalue weighted by atomic mass is 10.2. The number of nitrogens with zero attached hydrogens (tertiary/aromatic N) is 1. The zero-order chi connectivity index (χ0) is 15.4. The van der Waals surface area contributed by atoms with Gasteiger partial charge in [0.2, 0.25) is 0 Å². The molecule has 0 aromatic heterocycles. The number of halogens is 1. The molecule has 0 saturated heterocycles. The summed E-state index contributed by atoms with van der Waals surface area (Å²) >= 11 is 5.88. The van der Waals surface area contributed by atoms with Gasteiger partial charge in [0, 0.05) is 19.7 Å².